The predicted molar refractivity (Wildman–Crippen MR) is 113 cm³/mol. The molecule has 0 bridgehead atoms. The summed E-state index contributed by atoms with van der Waals surface area (Å²) in [5.74, 6) is 0.425. The van der Waals surface area contributed by atoms with Gasteiger partial charge in [-0.3, -0.25) is 4.79 Å². The number of hydrazone groups is 1. The molecule has 1 heterocycles. The largest absolute Gasteiger partial charge is 0.489 e. The van der Waals surface area contributed by atoms with Crippen LogP contribution in [0.3, 0.4) is 0 Å². The van der Waals surface area contributed by atoms with Crippen molar-refractivity contribution in [3.05, 3.63) is 75.8 Å². The Morgan fingerprint density at radius 2 is 2.11 bits per heavy atom. The van der Waals surface area contributed by atoms with E-state index in [1.807, 2.05) is 43.3 Å². The molecule has 0 saturated carbocycles. The monoisotopic (exact) mass is 394 g/mol. The number of nitrogens with two attached hydrogens (primary N) is 1. The number of hydrogen-bond acceptors (Lipinski definition) is 6. The van der Waals surface area contributed by atoms with Crippen molar-refractivity contribution in [3.63, 3.8) is 0 Å². The number of nitrogen functional groups attached to an aromatic ring is 1. The molecule has 0 atom stereocenters. The fourth-order valence-electron chi connectivity index (χ4n) is 2.66. The van der Waals surface area contributed by atoms with Crippen LogP contribution in [0.5, 0.6) is 5.75 Å². The van der Waals surface area contributed by atoms with Gasteiger partial charge in [-0.1, -0.05) is 60.2 Å². The summed E-state index contributed by atoms with van der Waals surface area (Å²) < 4.78 is 5.85. The number of hydrogen-bond donors (Lipinski definition) is 2. The maximum atomic E-state index is 12.2. The molecule has 7 heteroatoms. The zero-order valence-electron chi connectivity index (χ0n) is 15.8. The van der Waals surface area contributed by atoms with Crippen LogP contribution in [0, 0.1) is 6.92 Å². The average Bonchev–Trinajstić information content (AvgIpc) is 3.08. The summed E-state index contributed by atoms with van der Waals surface area (Å²) in [6.07, 6.45) is 2.22. The third-order valence-corrected chi connectivity index (χ3v) is 4.91. The minimum Gasteiger partial charge on any atom is -0.489 e. The number of rotatable bonds is 7. The average molecular weight is 395 g/mol. The second-order valence-electron chi connectivity index (χ2n) is 6.23. The van der Waals surface area contributed by atoms with Crippen molar-refractivity contribution in [2.45, 2.75) is 26.9 Å². The number of nitrogens with one attached hydrogen (secondary N) is 1. The summed E-state index contributed by atoms with van der Waals surface area (Å²) in [7, 11) is 0. The van der Waals surface area contributed by atoms with Gasteiger partial charge in [0.15, 0.2) is 5.13 Å². The maximum absolute atomic E-state index is 12.2. The van der Waals surface area contributed by atoms with Gasteiger partial charge in [0.05, 0.1) is 11.9 Å². The van der Waals surface area contributed by atoms with Crippen molar-refractivity contribution in [2.24, 2.45) is 5.10 Å². The third kappa shape index (κ3) is 5.17. The zero-order chi connectivity index (χ0) is 19.9. The second kappa shape index (κ2) is 9.14. The molecule has 1 aromatic heterocycles. The van der Waals surface area contributed by atoms with E-state index in [2.05, 4.69) is 34.6 Å². The van der Waals surface area contributed by atoms with E-state index in [9.17, 15) is 4.79 Å². The number of carbonyl (C=O) groups is 1. The summed E-state index contributed by atoms with van der Waals surface area (Å²) in [6, 6.07) is 15.7. The maximum Gasteiger partial charge on any atom is 0.283 e. The third-order valence-electron chi connectivity index (χ3n) is 3.98. The lowest BCUT2D eigenvalue weighted by atomic mass is 10.1. The van der Waals surface area contributed by atoms with Crippen molar-refractivity contribution >= 4 is 28.6 Å². The number of nitrogens with zero attached hydrogens (tertiary/aromatic N) is 2. The van der Waals surface area contributed by atoms with E-state index in [0.29, 0.717) is 28.7 Å². The first kappa shape index (κ1) is 19.6. The Balaban J connectivity index is 1.60. The first-order chi connectivity index (χ1) is 13.5. The molecule has 0 radical (unpaired) electrons. The van der Waals surface area contributed by atoms with Crippen molar-refractivity contribution in [1.29, 1.82) is 0 Å². The Bertz CT molecular complexity index is 998. The number of anilines is 1. The zero-order valence-corrected chi connectivity index (χ0v) is 16.6. The molecule has 6 nitrogen and oxygen atoms in total. The normalized spacial score (nSPS) is 10.9. The van der Waals surface area contributed by atoms with Gasteiger partial charge < -0.3 is 10.5 Å². The van der Waals surface area contributed by atoms with E-state index in [0.717, 1.165) is 28.2 Å². The summed E-state index contributed by atoms with van der Waals surface area (Å²) in [4.78, 5) is 16.9. The van der Waals surface area contributed by atoms with Gasteiger partial charge in [-0.25, -0.2) is 10.4 Å². The lowest BCUT2D eigenvalue weighted by molar-refractivity contribution is 0.0958. The van der Waals surface area contributed by atoms with Crippen LogP contribution in [0.2, 0.25) is 0 Å². The fourth-order valence-corrected chi connectivity index (χ4v) is 3.47. The minimum absolute atomic E-state index is 0.311. The highest BCUT2D eigenvalue weighted by molar-refractivity contribution is 7.17. The first-order valence-corrected chi connectivity index (χ1v) is 9.73. The summed E-state index contributed by atoms with van der Waals surface area (Å²) in [5, 5.41) is 4.41. The van der Waals surface area contributed by atoms with Gasteiger partial charge in [-0.05, 0) is 36.6 Å². The van der Waals surface area contributed by atoms with Crippen LogP contribution in [-0.4, -0.2) is 17.1 Å². The van der Waals surface area contributed by atoms with Crippen molar-refractivity contribution in [2.75, 3.05) is 5.73 Å². The highest BCUT2D eigenvalue weighted by Gasteiger charge is 2.15. The molecule has 0 aliphatic rings. The van der Waals surface area contributed by atoms with Gasteiger partial charge in [0.25, 0.3) is 5.91 Å². The topological polar surface area (TPSA) is 89.6 Å². The highest BCUT2D eigenvalue weighted by Crippen LogP contribution is 2.20. The summed E-state index contributed by atoms with van der Waals surface area (Å²) in [6.45, 7) is 4.47. The number of benzene rings is 2. The Kier molecular flexibility index (Phi) is 6.39. The molecular formula is C21H22N4O2S. The van der Waals surface area contributed by atoms with Crippen LogP contribution < -0.4 is 15.9 Å². The van der Waals surface area contributed by atoms with Gasteiger partial charge in [0, 0.05) is 0 Å². The SMILES string of the molecule is CCc1nc(N)sc1C(=O)NN=Cc1cccc(OCc2cccc(C)c2)c1. The standard InChI is InChI=1S/C21H22N4O2S/c1-3-18-19(28-21(22)24-18)20(26)25-23-12-15-7-5-9-17(11-15)27-13-16-8-4-6-14(2)10-16/h4-12H,3,13H2,1-2H3,(H2,22,24)(H,25,26). The Morgan fingerprint density at radius 1 is 1.29 bits per heavy atom. The number of carbonyl (C=O) groups excluding carboxylic acids is 1. The van der Waals surface area contributed by atoms with E-state index in [1.54, 1.807) is 6.21 Å². The molecule has 144 valence electrons. The quantitative estimate of drug-likeness (QED) is 0.469. The van der Waals surface area contributed by atoms with Gasteiger partial charge >= 0.3 is 0 Å². The minimum atomic E-state index is -0.311. The van der Waals surface area contributed by atoms with E-state index in [1.165, 1.54) is 5.56 Å². The Labute approximate surface area is 168 Å². The second-order valence-corrected chi connectivity index (χ2v) is 7.26. The van der Waals surface area contributed by atoms with Crippen molar-refractivity contribution < 1.29 is 9.53 Å². The van der Waals surface area contributed by atoms with Gasteiger partial charge in [0.1, 0.15) is 17.2 Å². The number of aromatic nitrogens is 1. The van der Waals surface area contributed by atoms with Crippen LogP contribution in [-0.2, 0) is 13.0 Å². The van der Waals surface area contributed by atoms with E-state index in [-0.39, 0.29) is 5.91 Å². The molecule has 28 heavy (non-hydrogen) atoms. The highest BCUT2D eigenvalue weighted by atomic mass is 32.1. The summed E-state index contributed by atoms with van der Waals surface area (Å²) in [5.41, 5.74) is 12.0. The molecule has 0 spiro atoms. The van der Waals surface area contributed by atoms with Gasteiger partial charge in [0.2, 0.25) is 0 Å². The molecule has 0 unspecified atom stereocenters. The molecule has 0 saturated heterocycles. The van der Waals surface area contributed by atoms with Crippen molar-refractivity contribution in [1.82, 2.24) is 10.4 Å². The van der Waals surface area contributed by atoms with E-state index < -0.39 is 0 Å². The number of ether oxygens (including phenoxy) is 1. The van der Waals surface area contributed by atoms with Gasteiger partial charge in [-0.15, -0.1) is 0 Å². The van der Waals surface area contributed by atoms with Crippen molar-refractivity contribution in [3.8, 4) is 5.75 Å². The van der Waals surface area contributed by atoms with Gasteiger partial charge in [-0.2, -0.15) is 5.10 Å². The Morgan fingerprint density at radius 3 is 2.89 bits per heavy atom. The van der Waals surface area contributed by atoms with Crippen LogP contribution in [0.15, 0.2) is 53.6 Å². The van der Waals surface area contributed by atoms with E-state index in [4.69, 9.17) is 10.5 Å². The lowest BCUT2D eigenvalue weighted by Crippen LogP contribution is -2.17. The molecule has 0 aliphatic carbocycles. The molecular weight excluding hydrogens is 372 g/mol. The molecule has 3 N–H and O–H groups in total. The predicted octanol–water partition coefficient (Wildman–Crippen LogP) is 3.94. The molecule has 1 amide bonds. The van der Waals surface area contributed by atoms with Crippen LogP contribution in [0.4, 0.5) is 5.13 Å². The smallest absolute Gasteiger partial charge is 0.283 e. The number of amides is 1. The molecule has 2 aromatic carbocycles. The molecule has 3 rings (SSSR count). The summed E-state index contributed by atoms with van der Waals surface area (Å²) >= 11 is 1.16. The van der Waals surface area contributed by atoms with E-state index >= 15 is 0 Å². The number of aryl methyl sites for hydroxylation is 2. The van der Waals surface area contributed by atoms with Crippen LogP contribution >= 0.6 is 11.3 Å². The van der Waals surface area contributed by atoms with Crippen LogP contribution in [0.1, 0.15) is 39.0 Å². The Hall–Kier alpha value is -3.19. The fraction of sp³-hybridized carbons (Fsp3) is 0.190. The lowest BCUT2D eigenvalue weighted by Gasteiger charge is -2.07. The van der Waals surface area contributed by atoms with Crippen LogP contribution in [0.25, 0.3) is 0 Å². The first-order valence-electron chi connectivity index (χ1n) is 8.92. The molecule has 0 aliphatic heterocycles. The molecule has 0 fully saturated rings. The molecule has 3 aromatic rings. The number of thiazole rings is 1.